The third kappa shape index (κ3) is 3.76. The van der Waals surface area contributed by atoms with Crippen LogP contribution < -0.4 is 5.32 Å². The predicted molar refractivity (Wildman–Crippen MR) is 113 cm³/mol. The molecule has 1 aliphatic rings. The van der Waals surface area contributed by atoms with Gasteiger partial charge in [0.25, 0.3) is 5.91 Å². The molecule has 0 bridgehead atoms. The van der Waals surface area contributed by atoms with Gasteiger partial charge in [0.2, 0.25) is 5.91 Å². The summed E-state index contributed by atoms with van der Waals surface area (Å²) in [7, 11) is 0. The summed E-state index contributed by atoms with van der Waals surface area (Å²) in [6.45, 7) is 4.45. The number of carbonyl (C=O) groups is 3. The SMILES string of the molecule is CCOC(=O)c1c(NC(=O)c2ccc3nccnc3c2)sc2c1CCN(C(C)=O)C2. The number of esters is 1. The number of anilines is 1. The van der Waals surface area contributed by atoms with E-state index in [0.29, 0.717) is 46.7 Å². The first kappa shape index (κ1) is 20.0. The number of rotatable bonds is 4. The minimum Gasteiger partial charge on any atom is -0.462 e. The number of hydrogen-bond donors (Lipinski definition) is 1. The zero-order valence-electron chi connectivity index (χ0n) is 16.6. The maximum Gasteiger partial charge on any atom is 0.341 e. The van der Waals surface area contributed by atoms with Crippen LogP contribution in [0.2, 0.25) is 0 Å². The predicted octanol–water partition coefficient (Wildman–Crippen LogP) is 3.02. The van der Waals surface area contributed by atoms with Gasteiger partial charge in [-0.25, -0.2) is 4.79 Å². The molecule has 0 aliphatic carbocycles. The van der Waals surface area contributed by atoms with Crippen LogP contribution >= 0.6 is 11.3 Å². The third-order valence-electron chi connectivity index (χ3n) is 4.94. The average molecular weight is 424 g/mol. The lowest BCUT2D eigenvalue weighted by Crippen LogP contribution is -2.34. The lowest BCUT2D eigenvalue weighted by Gasteiger charge is -2.25. The van der Waals surface area contributed by atoms with Gasteiger partial charge < -0.3 is 15.0 Å². The first-order valence-corrected chi connectivity index (χ1v) is 10.4. The number of hydrogen-bond acceptors (Lipinski definition) is 7. The molecule has 3 aromatic rings. The molecule has 2 aromatic heterocycles. The minimum absolute atomic E-state index is 0.0189. The molecule has 0 atom stereocenters. The summed E-state index contributed by atoms with van der Waals surface area (Å²) < 4.78 is 5.23. The molecular weight excluding hydrogens is 404 g/mol. The van der Waals surface area contributed by atoms with Crippen molar-refractivity contribution in [3.63, 3.8) is 0 Å². The van der Waals surface area contributed by atoms with Crippen LogP contribution in [0.1, 0.15) is 45.0 Å². The monoisotopic (exact) mass is 424 g/mol. The van der Waals surface area contributed by atoms with Crippen LogP contribution in [0, 0.1) is 0 Å². The van der Waals surface area contributed by atoms with Crippen LogP contribution in [0.15, 0.2) is 30.6 Å². The summed E-state index contributed by atoms with van der Waals surface area (Å²) in [5, 5.41) is 3.30. The number of carbonyl (C=O) groups excluding carboxylic acids is 3. The Morgan fingerprint density at radius 2 is 1.97 bits per heavy atom. The first-order chi connectivity index (χ1) is 14.5. The molecule has 0 unspecified atom stereocenters. The van der Waals surface area contributed by atoms with Gasteiger partial charge in [-0.1, -0.05) is 0 Å². The van der Waals surface area contributed by atoms with Crippen LogP contribution in [-0.2, 0) is 22.5 Å². The Kier molecular flexibility index (Phi) is 5.45. The van der Waals surface area contributed by atoms with Crippen molar-refractivity contribution >= 4 is 45.2 Å². The van der Waals surface area contributed by atoms with Crippen molar-refractivity contribution < 1.29 is 19.1 Å². The lowest BCUT2D eigenvalue weighted by atomic mass is 10.0. The van der Waals surface area contributed by atoms with Gasteiger partial charge in [0.1, 0.15) is 5.00 Å². The summed E-state index contributed by atoms with van der Waals surface area (Å²) in [4.78, 5) is 48.4. The molecule has 0 saturated heterocycles. The topological polar surface area (TPSA) is 101 Å². The van der Waals surface area contributed by atoms with Gasteiger partial charge in [-0.15, -0.1) is 11.3 Å². The molecule has 1 aromatic carbocycles. The van der Waals surface area contributed by atoms with E-state index in [1.807, 2.05) is 0 Å². The third-order valence-corrected chi connectivity index (χ3v) is 6.07. The van der Waals surface area contributed by atoms with Crippen LogP contribution in [0.25, 0.3) is 11.0 Å². The van der Waals surface area contributed by atoms with Gasteiger partial charge >= 0.3 is 5.97 Å². The Morgan fingerprint density at radius 3 is 2.70 bits per heavy atom. The highest BCUT2D eigenvalue weighted by atomic mass is 32.1. The quantitative estimate of drug-likeness (QED) is 0.646. The number of nitrogens with one attached hydrogen (secondary N) is 1. The molecule has 0 spiro atoms. The van der Waals surface area contributed by atoms with Crippen molar-refractivity contribution in [1.82, 2.24) is 14.9 Å². The van der Waals surface area contributed by atoms with Gasteiger partial charge in [-0.05, 0) is 37.1 Å². The van der Waals surface area contributed by atoms with Gasteiger partial charge in [-0.2, -0.15) is 0 Å². The van der Waals surface area contributed by atoms with E-state index in [1.54, 1.807) is 42.4 Å². The van der Waals surface area contributed by atoms with Crippen molar-refractivity contribution in [2.45, 2.75) is 26.8 Å². The maximum absolute atomic E-state index is 12.9. The highest BCUT2D eigenvalue weighted by Crippen LogP contribution is 2.38. The van der Waals surface area contributed by atoms with Crippen molar-refractivity contribution in [2.24, 2.45) is 0 Å². The number of ether oxygens (including phenoxy) is 1. The van der Waals surface area contributed by atoms with E-state index in [4.69, 9.17) is 4.74 Å². The lowest BCUT2D eigenvalue weighted by molar-refractivity contribution is -0.129. The smallest absolute Gasteiger partial charge is 0.341 e. The molecule has 3 heterocycles. The molecule has 30 heavy (non-hydrogen) atoms. The van der Waals surface area contributed by atoms with Gasteiger partial charge in [-0.3, -0.25) is 19.6 Å². The second kappa shape index (κ2) is 8.19. The molecule has 1 N–H and O–H groups in total. The van der Waals surface area contributed by atoms with Crippen LogP contribution in [0.4, 0.5) is 5.00 Å². The molecule has 9 heteroatoms. The fraction of sp³-hybridized carbons (Fsp3) is 0.286. The molecule has 1 aliphatic heterocycles. The first-order valence-electron chi connectivity index (χ1n) is 9.57. The molecule has 0 saturated carbocycles. The Labute approximate surface area is 176 Å². The van der Waals surface area contributed by atoms with E-state index < -0.39 is 5.97 Å². The molecule has 4 rings (SSSR count). The van der Waals surface area contributed by atoms with Crippen molar-refractivity contribution in [2.75, 3.05) is 18.5 Å². The highest BCUT2D eigenvalue weighted by molar-refractivity contribution is 7.17. The fourth-order valence-electron chi connectivity index (χ4n) is 3.46. The summed E-state index contributed by atoms with van der Waals surface area (Å²) in [5.74, 6) is -0.837. The van der Waals surface area contributed by atoms with Crippen molar-refractivity contribution in [3.05, 3.63) is 52.2 Å². The van der Waals surface area contributed by atoms with Gasteiger partial charge in [0.15, 0.2) is 0 Å². The van der Waals surface area contributed by atoms with E-state index in [9.17, 15) is 14.4 Å². The number of fused-ring (bicyclic) bond motifs is 2. The zero-order valence-corrected chi connectivity index (χ0v) is 17.4. The van der Waals surface area contributed by atoms with E-state index in [2.05, 4.69) is 15.3 Å². The number of nitrogens with zero attached hydrogens (tertiary/aromatic N) is 3. The summed E-state index contributed by atoms with van der Waals surface area (Å²) >= 11 is 1.31. The number of thiophene rings is 1. The van der Waals surface area contributed by atoms with E-state index in [-0.39, 0.29) is 18.4 Å². The minimum atomic E-state index is -0.467. The second-order valence-electron chi connectivity index (χ2n) is 6.83. The molecule has 0 radical (unpaired) electrons. The van der Waals surface area contributed by atoms with Crippen LogP contribution in [-0.4, -0.2) is 45.8 Å². The average Bonchev–Trinajstić information content (AvgIpc) is 3.10. The summed E-state index contributed by atoms with van der Waals surface area (Å²) in [6.07, 6.45) is 3.70. The van der Waals surface area contributed by atoms with Crippen LogP contribution in [0.3, 0.4) is 0 Å². The summed E-state index contributed by atoms with van der Waals surface area (Å²) in [6, 6.07) is 5.06. The Bertz CT molecular complexity index is 1160. The molecule has 2 amide bonds. The molecule has 0 fully saturated rings. The normalized spacial score (nSPS) is 13.1. The van der Waals surface area contributed by atoms with Crippen LogP contribution in [0.5, 0.6) is 0 Å². The Hall–Kier alpha value is -3.33. The van der Waals surface area contributed by atoms with E-state index in [0.717, 1.165) is 10.4 Å². The molecular formula is C21H20N4O4S. The number of aromatic nitrogens is 2. The Morgan fingerprint density at radius 1 is 1.20 bits per heavy atom. The van der Waals surface area contributed by atoms with Gasteiger partial charge in [0.05, 0.1) is 29.7 Å². The van der Waals surface area contributed by atoms with Crippen molar-refractivity contribution in [3.8, 4) is 0 Å². The zero-order chi connectivity index (χ0) is 21.3. The fourth-order valence-corrected chi connectivity index (χ4v) is 4.71. The van der Waals surface area contributed by atoms with Gasteiger partial charge in [0, 0.05) is 36.3 Å². The largest absolute Gasteiger partial charge is 0.462 e. The Balaban J connectivity index is 1.67. The number of benzene rings is 1. The second-order valence-corrected chi connectivity index (χ2v) is 7.94. The van der Waals surface area contributed by atoms with E-state index >= 15 is 0 Å². The van der Waals surface area contributed by atoms with E-state index in [1.165, 1.54) is 18.3 Å². The maximum atomic E-state index is 12.9. The number of amides is 2. The highest BCUT2D eigenvalue weighted by Gasteiger charge is 2.30. The summed E-state index contributed by atoms with van der Waals surface area (Å²) in [5.41, 5.74) is 2.94. The molecule has 8 nitrogen and oxygen atoms in total. The van der Waals surface area contributed by atoms with Crippen molar-refractivity contribution in [1.29, 1.82) is 0 Å². The standard InChI is InChI=1S/C21H20N4O4S/c1-3-29-21(28)18-14-6-9-25(12(2)26)11-17(14)30-20(18)24-19(27)13-4-5-15-16(10-13)23-8-7-22-15/h4-5,7-8,10H,3,6,9,11H2,1-2H3,(H,24,27). The molecule has 154 valence electrons.